The van der Waals surface area contributed by atoms with E-state index in [4.69, 9.17) is 20.8 Å². The van der Waals surface area contributed by atoms with E-state index in [1.54, 1.807) is 25.3 Å². The zero-order valence-corrected chi connectivity index (χ0v) is 22.2. The van der Waals surface area contributed by atoms with E-state index >= 15 is 0 Å². The number of nitrogens with one attached hydrogen (secondary N) is 1. The third kappa shape index (κ3) is 4.67. The molecule has 1 atom stereocenters. The Kier molecular flexibility index (Phi) is 6.48. The second-order valence-electron chi connectivity index (χ2n) is 9.78. The fraction of sp³-hybridized carbons (Fsp3) is 0.161. The summed E-state index contributed by atoms with van der Waals surface area (Å²) in [7, 11) is 0. The molecule has 5 aromatic rings. The first-order valence-corrected chi connectivity index (χ1v) is 13.1. The predicted molar refractivity (Wildman–Crippen MR) is 151 cm³/mol. The third-order valence-electron chi connectivity index (χ3n) is 7.30. The molecule has 0 saturated heterocycles. The molecule has 0 aliphatic heterocycles. The van der Waals surface area contributed by atoms with E-state index in [0.717, 1.165) is 22.3 Å². The van der Waals surface area contributed by atoms with Crippen molar-refractivity contribution in [1.82, 2.24) is 9.97 Å². The molecule has 6 rings (SSSR count). The molecular weight excluding hydrogens is 530 g/mol. The molecule has 8 nitrogen and oxygen atoms in total. The van der Waals surface area contributed by atoms with Crippen molar-refractivity contribution < 1.29 is 23.8 Å². The van der Waals surface area contributed by atoms with Crippen LogP contribution in [0.4, 0.5) is 10.5 Å². The van der Waals surface area contributed by atoms with Crippen molar-refractivity contribution in [3.05, 3.63) is 101 Å². The lowest BCUT2D eigenvalue weighted by Gasteiger charge is -2.15. The van der Waals surface area contributed by atoms with E-state index in [-0.39, 0.29) is 0 Å². The van der Waals surface area contributed by atoms with Crippen LogP contribution in [0.5, 0.6) is 0 Å². The number of rotatable bonds is 7. The van der Waals surface area contributed by atoms with Gasteiger partial charge in [-0.05, 0) is 42.5 Å². The number of fused-ring (bicyclic) bond motifs is 1. The molecule has 2 N–H and O–H groups in total. The molecular formula is C31H24ClN3O5. The summed E-state index contributed by atoms with van der Waals surface area (Å²) in [6.07, 6.45) is 3.03. The minimum Gasteiger partial charge on any atom is -0.481 e. The first kappa shape index (κ1) is 25.6. The molecule has 3 aromatic carbocycles. The number of halogens is 1. The van der Waals surface area contributed by atoms with Gasteiger partial charge in [-0.2, -0.15) is 0 Å². The van der Waals surface area contributed by atoms with Crippen LogP contribution in [0.3, 0.4) is 0 Å². The van der Waals surface area contributed by atoms with Gasteiger partial charge in [0.1, 0.15) is 18.1 Å². The average Bonchev–Trinajstić information content (AvgIpc) is 3.71. The summed E-state index contributed by atoms with van der Waals surface area (Å²) in [5.74, 6) is -0.358. The van der Waals surface area contributed by atoms with E-state index in [1.165, 1.54) is 6.33 Å². The van der Waals surface area contributed by atoms with E-state index in [1.807, 2.05) is 60.7 Å². The second kappa shape index (κ2) is 10.1. The highest BCUT2D eigenvalue weighted by molar-refractivity contribution is 6.31. The van der Waals surface area contributed by atoms with Crippen LogP contribution in [0, 0.1) is 0 Å². The van der Waals surface area contributed by atoms with Crippen molar-refractivity contribution in [2.45, 2.75) is 31.3 Å². The smallest absolute Gasteiger partial charge is 0.412 e. The first-order valence-electron chi connectivity index (χ1n) is 12.7. The maximum atomic E-state index is 12.9. The summed E-state index contributed by atoms with van der Waals surface area (Å²) in [6, 6.07) is 22.5. The molecule has 1 aliphatic rings. The Morgan fingerprint density at radius 1 is 1.00 bits per heavy atom. The first-order chi connectivity index (χ1) is 19.4. The van der Waals surface area contributed by atoms with Crippen LogP contribution < -0.4 is 5.32 Å². The van der Waals surface area contributed by atoms with Crippen molar-refractivity contribution in [1.29, 1.82) is 0 Å². The summed E-state index contributed by atoms with van der Waals surface area (Å²) in [4.78, 5) is 32.8. The molecule has 0 radical (unpaired) electrons. The van der Waals surface area contributed by atoms with Crippen molar-refractivity contribution in [3.8, 4) is 22.5 Å². The molecule has 1 unspecified atom stereocenters. The van der Waals surface area contributed by atoms with Crippen LogP contribution in [0.15, 0.2) is 89.7 Å². The van der Waals surface area contributed by atoms with Crippen molar-refractivity contribution in [2.75, 3.05) is 5.32 Å². The summed E-state index contributed by atoms with van der Waals surface area (Å²) >= 11 is 6.26. The topological polar surface area (TPSA) is 115 Å². The molecule has 1 amide bonds. The Morgan fingerprint density at radius 2 is 1.65 bits per heavy atom. The number of benzene rings is 3. The number of carboxylic acids is 1. The van der Waals surface area contributed by atoms with Crippen molar-refractivity contribution >= 4 is 40.5 Å². The fourth-order valence-corrected chi connectivity index (χ4v) is 5.17. The van der Waals surface area contributed by atoms with Crippen LogP contribution in [-0.4, -0.2) is 27.1 Å². The van der Waals surface area contributed by atoms with Crippen LogP contribution >= 0.6 is 11.6 Å². The summed E-state index contributed by atoms with van der Waals surface area (Å²) in [6.45, 7) is 1.75. The highest BCUT2D eigenvalue weighted by Crippen LogP contribution is 2.48. The van der Waals surface area contributed by atoms with Gasteiger partial charge in [0.05, 0.1) is 10.8 Å². The molecule has 200 valence electrons. The predicted octanol–water partition coefficient (Wildman–Crippen LogP) is 7.64. The highest BCUT2D eigenvalue weighted by Gasteiger charge is 2.51. The van der Waals surface area contributed by atoms with Crippen LogP contribution in [-0.2, 0) is 14.9 Å². The maximum Gasteiger partial charge on any atom is 0.412 e. The molecule has 2 heterocycles. The van der Waals surface area contributed by atoms with Gasteiger partial charge in [-0.3, -0.25) is 10.1 Å². The van der Waals surface area contributed by atoms with Gasteiger partial charge < -0.3 is 14.3 Å². The molecule has 40 heavy (non-hydrogen) atoms. The molecule has 0 bridgehead atoms. The van der Waals surface area contributed by atoms with Gasteiger partial charge in [0.25, 0.3) is 0 Å². The number of carbonyl (C=O) groups is 2. The normalized spacial score (nSPS) is 14.4. The van der Waals surface area contributed by atoms with E-state index in [2.05, 4.69) is 15.3 Å². The van der Waals surface area contributed by atoms with Gasteiger partial charge in [-0.15, -0.1) is 0 Å². The number of ether oxygens (including phenoxy) is 1. The van der Waals surface area contributed by atoms with E-state index in [0.29, 0.717) is 46.0 Å². The number of nitrogens with zero attached hydrogens (tertiary/aromatic N) is 2. The lowest BCUT2D eigenvalue weighted by atomic mass is 9.93. The van der Waals surface area contributed by atoms with Gasteiger partial charge in [-0.1, -0.05) is 78.3 Å². The van der Waals surface area contributed by atoms with Crippen LogP contribution in [0.1, 0.15) is 37.0 Å². The Balaban J connectivity index is 1.25. The third-order valence-corrected chi connectivity index (χ3v) is 7.65. The lowest BCUT2D eigenvalue weighted by molar-refractivity contribution is -0.140. The van der Waals surface area contributed by atoms with E-state index in [9.17, 15) is 14.7 Å². The Hall–Kier alpha value is -4.69. The monoisotopic (exact) mass is 553 g/mol. The van der Waals surface area contributed by atoms with Crippen LogP contribution in [0.25, 0.3) is 33.6 Å². The van der Waals surface area contributed by atoms with Gasteiger partial charge >= 0.3 is 12.1 Å². The standard InChI is InChI=1S/C31H24ClN3O5/c1-18(23-4-2-3-5-25(23)32)39-30(38)35-26-24-16-33-17-34-28(24)40-27(26)21-8-6-19(7-9-21)20-10-12-22(13-11-20)31(14-15-31)29(36)37/h2-13,16-18H,14-15H2,1H3,(H,35,38)(H,36,37). The maximum absolute atomic E-state index is 12.9. The number of carbonyl (C=O) groups excluding carboxylic acids is 1. The fourth-order valence-electron chi connectivity index (χ4n) is 4.88. The average molecular weight is 554 g/mol. The molecule has 0 spiro atoms. The van der Waals surface area contributed by atoms with Crippen LogP contribution in [0.2, 0.25) is 5.02 Å². The largest absolute Gasteiger partial charge is 0.481 e. The van der Waals surface area contributed by atoms with Gasteiger partial charge in [0.15, 0.2) is 5.76 Å². The van der Waals surface area contributed by atoms with Gasteiger partial charge in [0, 0.05) is 22.3 Å². The molecule has 1 saturated carbocycles. The van der Waals surface area contributed by atoms with Crippen molar-refractivity contribution in [3.63, 3.8) is 0 Å². The molecule has 1 fully saturated rings. The quantitative estimate of drug-likeness (QED) is 0.213. The highest BCUT2D eigenvalue weighted by atomic mass is 35.5. The lowest BCUT2D eigenvalue weighted by Crippen LogP contribution is -2.19. The van der Waals surface area contributed by atoms with Gasteiger partial charge in [0.2, 0.25) is 5.71 Å². The molecule has 9 heteroatoms. The number of hydrogen-bond acceptors (Lipinski definition) is 6. The number of carboxylic acid groups (broad SMARTS) is 1. The molecule has 2 aromatic heterocycles. The zero-order valence-electron chi connectivity index (χ0n) is 21.4. The minimum absolute atomic E-state index is 0.326. The number of amides is 1. The summed E-state index contributed by atoms with van der Waals surface area (Å²) < 4.78 is 11.6. The zero-order chi connectivity index (χ0) is 27.9. The minimum atomic E-state index is -0.772. The second-order valence-corrected chi connectivity index (χ2v) is 10.2. The van der Waals surface area contributed by atoms with Gasteiger partial charge in [-0.25, -0.2) is 14.8 Å². The summed E-state index contributed by atoms with van der Waals surface area (Å²) in [5, 5.41) is 13.4. The Morgan fingerprint density at radius 3 is 2.30 bits per heavy atom. The number of furan rings is 1. The number of hydrogen-bond donors (Lipinski definition) is 2. The SMILES string of the molecule is CC(OC(=O)Nc1c(-c2ccc(-c3ccc(C4(C(=O)O)CC4)cc3)cc2)oc2ncncc12)c1ccccc1Cl. The summed E-state index contributed by atoms with van der Waals surface area (Å²) in [5.41, 5.74) is 4.14. The Labute approximate surface area is 234 Å². The Bertz CT molecular complexity index is 1730. The number of aliphatic carboxylic acids is 1. The number of anilines is 1. The van der Waals surface area contributed by atoms with Crippen molar-refractivity contribution in [2.24, 2.45) is 0 Å². The van der Waals surface area contributed by atoms with E-state index < -0.39 is 23.6 Å². The molecule has 1 aliphatic carbocycles. The number of aromatic nitrogens is 2.